The largest absolute Gasteiger partial charge is 0.513 e. The molecule has 10 aromatic rings. The Hall–Kier alpha value is -16.9. The molecule has 0 amide bonds. The Kier molecular flexibility index (Phi) is 40.8. The minimum atomic E-state index is -1.24. The molecule has 10 rings (SSSR count). The Morgan fingerprint density at radius 1 is 0.305 bits per heavy atom. The zero-order valence-corrected chi connectivity index (χ0v) is 71.1. The molecule has 1 unspecified atom stereocenters. The highest BCUT2D eigenvalue weighted by atomic mass is 32.1. The van der Waals surface area contributed by atoms with E-state index in [0.29, 0.717) is 64.8 Å². The summed E-state index contributed by atoms with van der Waals surface area (Å²) in [6.07, 6.45) is -0.936. The minimum absolute atomic E-state index is 0.00135. The molecule has 131 heavy (non-hydrogen) atoms. The molecule has 0 bridgehead atoms. The third-order valence-corrected chi connectivity index (χ3v) is 17.4. The molecule has 0 heterocycles. The van der Waals surface area contributed by atoms with Crippen LogP contribution in [0.1, 0.15) is 121 Å². The second-order valence-electron chi connectivity index (χ2n) is 25.7. The number of rotatable bonds is 42. The van der Waals surface area contributed by atoms with Crippen molar-refractivity contribution >= 4 is 117 Å². The number of hydrogen-bond donors (Lipinski definition) is 4. The van der Waals surface area contributed by atoms with Gasteiger partial charge >= 0.3 is 47.9 Å². The quantitative estimate of drug-likeness (QED) is 0.00525. The van der Waals surface area contributed by atoms with E-state index in [1.807, 2.05) is 0 Å². The van der Waals surface area contributed by atoms with Gasteiger partial charge in [-0.2, -0.15) is 0 Å². The fourth-order valence-electron chi connectivity index (χ4n) is 10.3. The van der Waals surface area contributed by atoms with E-state index in [9.17, 15) is 88.9 Å². The summed E-state index contributed by atoms with van der Waals surface area (Å²) in [6, 6.07) is 61.3. The maximum atomic E-state index is 12.7. The van der Waals surface area contributed by atoms with E-state index >= 15 is 0 Å². The number of carbonyl (C=O) groups excluding carboxylic acids is 8. The van der Waals surface area contributed by atoms with E-state index in [-0.39, 0.29) is 133 Å². The molecule has 0 spiro atoms. The maximum absolute atomic E-state index is 12.7. The Morgan fingerprint density at radius 2 is 0.603 bits per heavy atom. The zero-order valence-electron chi connectivity index (χ0n) is 67.8. The fraction of sp³-hybridized carbons (Fsp3) is 0.153. The molecule has 0 aliphatic heterocycles. The molecule has 0 aromatic heterocycles. The molecule has 680 valence electrons. The van der Waals surface area contributed by atoms with Crippen molar-refractivity contribution < 1.29 is 135 Å². The molecule has 0 saturated carbocycles. The van der Waals surface area contributed by atoms with Crippen LogP contribution in [0, 0.1) is 50.6 Å². The highest BCUT2D eigenvalue weighted by Crippen LogP contribution is 2.28. The lowest BCUT2D eigenvalue weighted by atomic mass is 10.1. The van der Waals surface area contributed by atoms with Gasteiger partial charge in [-0.15, -0.1) is 50.6 Å². The molecule has 0 aliphatic rings. The van der Waals surface area contributed by atoms with Gasteiger partial charge in [-0.25, -0.2) is 38.4 Å². The Balaban J connectivity index is 0.000000240. The number of esters is 7. The van der Waals surface area contributed by atoms with Crippen LogP contribution >= 0.6 is 48.9 Å². The number of ether oxygens (including phenoxy) is 10. The van der Waals surface area contributed by atoms with Crippen LogP contribution in [0.15, 0.2) is 243 Å². The van der Waals surface area contributed by atoms with Gasteiger partial charge in [-0.1, -0.05) is 122 Å². The first-order chi connectivity index (χ1) is 62.7. The summed E-state index contributed by atoms with van der Waals surface area (Å²) < 4.78 is 52.4. The summed E-state index contributed by atoms with van der Waals surface area (Å²) >= 11 is 19.5. The highest BCUT2D eigenvalue weighted by Gasteiger charge is 2.25. The average Bonchev–Trinajstić information content (AvgIpc) is 0.866. The van der Waals surface area contributed by atoms with E-state index in [1.54, 1.807) is 121 Å². The van der Waals surface area contributed by atoms with Gasteiger partial charge in [0.25, 0.3) is 25.4 Å². The van der Waals surface area contributed by atoms with Crippen LogP contribution in [0.3, 0.4) is 0 Å². The van der Waals surface area contributed by atoms with Gasteiger partial charge in [-0.3, -0.25) is 0 Å². The summed E-state index contributed by atoms with van der Waals surface area (Å²) in [6.45, 7) is -1.45. The van der Waals surface area contributed by atoms with Crippen LogP contribution in [-0.4, -0.2) is 139 Å². The lowest BCUT2D eigenvalue weighted by Crippen LogP contribution is -2.26. The number of nitrogens with zero attached hydrogens (tertiary/aromatic N) is 5. The van der Waals surface area contributed by atoms with Gasteiger partial charge in [0.15, 0.2) is 6.61 Å². The van der Waals surface area contributed by atoms with E-state index in [4.69, 9.17) is 119 Å². The van der Waals surface area contributed by atoms with Gasteiger partial charge in [0.1, 0.15) is 108 Å². The third-order valence-electron chi connectivity index (χ3n) is 16.5. The molecule has 8 N–H and O–H groups in total. The van der Waals surface area contributed by atoms with Crippen LogP contribution in [0.2, 0.25) is 0 Å². The van der Waals surface area contributed by atoms with Crippen molar-refractivity contribution in [2.24, 2.45) is 22.9 Å². The Bertz CT molecular complexity index is 5750. The second-order valence-corrected chi connectivity index (χ2v) is 27.4. The number of carbonyl (C=O) groups is 8. The third kappa shape index (κ3) is 36.3. The monoisotopic (exact) mass is 1880 g/mol. The fourth-order valence-corrected chi connectivity index (χ4v) is 10.8. The van der Waals surface area contributed by atoms with Crippen molar-refractivity contribution in [3.05, 3.63) is 360 Å². The Labute approximate surface area is 761 Å². The van der Waals surface area contributed by atoms with Crippen molar-refractivity contribution in [3.8, 4) is 46.0 Å². The smallest absolute Gasteiger partial charge is 0.481 e. The number of benzene rings is 10. The first-order valence-electron chi connectivity index (χ1n) is 37.7. The highest BCUT2D eigenvalue weighted by molar-refractivity contribution is 7.81. The number of para-hydroxylation sites is 4. The van der Waals surface area contributed by atoms with Crippen molar-refractivity contribution in [2.75, 3.05) is 39.6 Å². The van der Waals surface area contributed by atoms with Crippen molar-refractivity contribution in [1.29, 1.82) is 0 Å². The predicted molar refractivity (Wildman–Crippen MR) is 471 cm³/mol. The van der Waals surface area contributed by atoms with E-state index in [1.165, 1.54) is 121 Å². The zero-order chi connectivity index (χ0) is 95.3. The van der Waals surface area contributed by atoms with E-state index in [2.05, 4.69) is 24.2 Å². The predicted octanol–water partition coefficient (Wildman–Crippen LogP) is 12.0. The van der Waals surface area contributed by atoms with Crippen molar-refractivity contribution in [3.63, 3.8) is 0 Å². The van der Waals surface area contributed by atoms with Gasteiger partial charge in [0.05, 0.1) is 37.6 Å². The summed E-state index contributed by atoms with van der Waals surface area (Å²) in [5.74, 6) is -3.89. The molecule has 0 radical (unpaired) electrons. The van der Waals surface area contributed by atoms with Gasteiger partial charge in [0, 0.05) is 28.7 Å². The number of hydrogen-bond acceptors (Lipinski definition) is 37. The summed E-state index contributed by atoms with van der Waals surface area (Å²) in [4.78, 5) is 172. The van der Waals surface area contributed by atoms with Crippen LogP contribution in [0.25, 0.3) is 0 Å². The van der Waals surface area contributed by atoms with Gasteiger partial charge in [0.2, 0.25) is 0 Å². The first-order valence-corrected chi connectivity index (χ1v) is 39.3. The molecular weight excluding hydrogens is 1800 g/mol. The SMILES string of the molecule is NC(=S)c1ccc(OC(=O)c2ccccc2OC(=O)OCCCCO[N+](=O)[O-])cc1.NC(=S)c1ccc(OC(=O)c2ccccc2OC(=O)c2ccc(CC(CO[N+](=O)[O-])O[N+](=O)[O-])cc2)cc1.NC(=S)c1ccc(OC(=O)c2ccccc2OC(=O)c2ccc(CO[N+](=O)[O-])cc2)cc1.NC(=S)c1ccc(OC(=O)c2ccccc2OCC(=O)OCCCCO[N+](=O)[O-])cc1. The van der Waals surface area contributed by atoms with E-state index < -0.39 is 92.7 Å². The molecule has 0 aliphatic carbocycles. The first kappa shape index (κ1) is 101. The number of thiocarbonyl (C=S) groups is 4. The summed E-state index contributed by atoms with van der Waals surface area (Å²) in [5, 5.41) is 46.4. The van der Waals surface area contributed by atoms with Crippen LogP contribution in [0.5, 0.6) is 46.0 Å². The topological polar surface area (TPSA) is 595 Å². The standard InChI is InChI=1S/C24H19N3O10S.C22H16N2O7S.C20H20N2O8S.C19H18N2O8S/c25-22(38)16-9-11-18(12-10-16)35-24(29)20-3-1-2-4-21(20)36-23(28)17-7-5-15(6-8-17)13-19(37-27(32)33)14-34-26(30)31;23-20(32)15-9-11-17(12-10-15)30-22(26)18-3-1-2-4-19(18)31-21(25)16-7-5-14(6-8-16)13-29-24(27)28;21-19(31)14-7-9-15(10-8-14)30-20(24)16-5-1-2-6-17(16)28-13-18(23)27-11-3-4-12-29-22(25)26;20-17(30)13-7-9-14(10-8-13)28-18(22)15-5-1-2-6-16(15)29-19(23)26-11-3-4-12-27-21(24)25/h1-12,19H,13-14H2,(H2,25,38);1-12H,13H2,(H2,23,32);1-2,5-10H,3-4,11-13H2,(H2,21,31);1-2,5-10H,3-4,11-12H2,(H2,20,30). The number of unbranched alkanes of at least 4 members (excludes halogenated alkanes) is 2. The molecule has 0 fully saturated rings. The maximum Gasteiger partial charge on any atom is 0.513 e. The van der Waals surface area contributed by atoms with Gasteiger partial charge in [-0.05, 0) is 207 Å². The average molecular weight is 1880 g/mol. The van der Waals surface area contributed by atoms with Crippen molar-refractivity contribution in [1.82, 2.24) is 0 Å². The van der Waals surface area contributed by atoms with Crippen molar-refractivity contribution in [2.45, 2.75) is 44.8 Å². The second kappa shape index (κ2) is 52.8. The normalized spacial score (nSPS) is 10.4. The molecular formula is C85H73N9O33S4. The molecule has 46 heteroatoms. The van der Waals surface area contributed by atoms with Crippen LogP contribution < -0.4 is 60.8 Å². The molecule has 0 saturated heterocycles. The van der Waals surface area contributed by atoms with Crippen LogP contribution in [0.4, 0.5) is 4.79 Å². The Morgan fingerprint density at radius 3 is 0.939 bits per heavy atom. The number of nitrogens with two attached hydrogens (primary N) is 4. The molecule has 1 atom stereocenters. The lowest BCUT2D eigenvalue weighted by Gasteiger charge is -2.14. The summed E-state index contributed by atoms with van der Waals surface area (Å²) in [5.41, 5.74) is 26.1. The minimum Gasteiger partial charge on any atom is -0.481 e. The van der Waals surface area contributed by atoms with E-state index in [0.717, 1.165) is 0 Å². The lowest BCUT2D eigenvalue weighted by molar-refractivity contribution is -0.789. The van der Waals surface area contributed by atoms with Crippen LogP contribution in [-0.2, 0) is 51.5 Å². The summed E-state index contributed by atoms with van der Waals surface area (Å²) in [7, 11) is 0. The molecule has 10 aromatic carbocycles. The molecule has 42 nitrogen and oxygen atoms in total. The van der Waals surface area contributed by atoms with Gasteiger partial charge < -0.3 is 94.5 Å².